The molecule has 0 atom stereocenters. The third-order valence-electron chi connectivity index (χ3n) is 4.42. The number of benzene rings is 2. The van der Waals surface area contributed by atoms with Crippen LogP contribution in [0, 0.1) is 20.8 Å². The first-order valence-corrected chi connectivity index (χ1v) is 8.40. The molecule has 0 aliphatic carbocycles. The van der Waals surface area contributed by atoms with Gasteiger partial charge >= 0.3 is 0 Å². The van der Waals surface area contributed by atoms with Crippen LogP contribution in [0.1, 0.15) is 39.8 Å². The summed E-state index contributed by atoms with van der Waals surface area (Å²) in [6, 6.07) is 14.0. The van der Waals surface area contributed by atoms with E-state index in [1.54, 1.807) is 4.68 Å². The standard InChI is InChI=1S/C20H22N4O/c1-5-16-9-11-17(12-10-16)24-15(4)19(22-23-24)20(25)21-18-13(2)7-6-8-14(18)3/h6-12H,5H2,1-4H3,(H,21,25). The SMILES string of the molecule is CCc1ccc(-n2nnc(C(=O)Nc3c(C)cccc3C)c2C)cc1. The van der Waals surface area contributed by atoms with Gasteiger partial charge in [0, 0.05) is 5.69 Å². The number of rotatable bonds is 4. The van der Waals surface area contributed by atoms with E-state index in [2.05, 4.69) is 34.7 Å². The molecule has 0 aliphatic rings. The first-order chi connectivity index (χ1) is 12.0. The molecular formula is C20H22N4O. The molecule has 25 heavy (non-hydrogen) atoms. The Labute approximate surface area is 147 Å². The number of nitrogens with one attached hydrogen (secondary N) is 1. The molecule has 5 heteroatoms. The van der Waals surface area contributed by atoms with Crippen LogP contribution in [0.5, 0.6) is 0 Å². The number of anilines is 1. The summed E-state index contributed by atoms with van der Waals surface area (Å²) >= 11 is 0. The molecule has 0 bridgehead atoms. The molecule has 1 heterocycles. The molecule has 3 aromatic rings. The molecular weight excluding hydrogens is 312 g/mol. The molecule has 1 aromatic heterocycles. The number of carbonyl (C=O) groups is 1. The molecule has 0 saturated carbocycles. The van der Waals surface area contributed by atoms with E-state index in [0.717, 1.165) is 28.9 Å². The predicted octanol–water partition coefficient (Wildman–Crippen LogP) is 4.01. The van der Waals surface area contributed by atoms with Crippen LogP contribution in [0.2, 0.25) is 0 Å². The highest BCUT2D eigenvalue weighted by molar-refractivity contribution is 6.04. The fourth-order valence-corrected chi connectivity index (χ4v) is 2.84. The van der Waals surface area contributed by atoms with Crippen molar-refractivity contribution in [1.82, 2.24) is 15.0 Å². The maximum atomic E-state index is 12.7. The van der Waals surface area contributed by atoms with E-state index in [0.29, 0.717) is 11.4 Å². The number of nitrogens with zero attached hydrogens (tertiary/aromatic N) is 3. The first kappa shape index (κ1) is 16.9. The van der Waals surface area contributed by atoms with E-state index in [1.807, 2.05) is 51.1 Å². The van der Waals surface area contributed by atoms with Crippen LogP contribution in [-0.4, -0.2) is 20.9 Å². The van der Waals surface area contributed by atoms with Crippen molar-refractivity contribution in [3.05, 3.63) is 70.5 Å². The highest BCUT2D eigenvalue weighted by atomic mass is 16.2. The van der Waals surface area contributed by atoms with Crippen LogP contribution in [-0.2, 0) is 6.42 Å². The zero-order valence-electron chi connectivity index (χ0n) is 15.0. The zero-order chi connectivity index (χ0) is 18.0. The van der Waals surface area contributed by atoms with Gasteiger partial charge in [-0.05, 0) is 56.0 Å². The summed E-state index contributed by atoms with van der Waals surface area (Å²) in [5.41, 5.74) is 6.08. The smallest absolute Gasteiger partial charge is 0.278 e. The van der Waals surface area contributed by atoms with Gasteiger partial charge in [0.1, 0.15) is 0 Å². The third kappa shape index (κ3) is 3.31. The number of aromatic nitrogens is 3. The average molecular weight is 334 g/mol. The number of para-hydroxylation sites is 1. The lowest BCUT2D eigenvalue weighted by molar-refractivity contribution is 0.102. The molecule has 3 rings (SSSR count). The highest BCUT2D eigenvalue weighted by Crippen LogP contribution is 2.21. The summed E-state index contributed by atoms with van der Waals surface area (Å²) in [7, 11) is 0. The monoisotopic (exact) mass is 334 g/mol. The van der Waals surface area contributed by atoms with Crippen LogP contribution in [0.25, 0.3) is 5.69 Å². The van der Waals surface area contributed by atoms with Gasteiger partial charge in [0.15, 0.2) is 5.69 Å². The fraction of sp³-hybridized carbons (Fsp3) is 0.250. The third-order valence-corrected chi connectivity index (χ3v) is 4.42. The molecule has 0 aliphatic heterocycles. The molecule has 1 N–H and O–H groups in total. The normalized spacial score (nSPS) is 10.7. The largest absolute Gasteiger partial charge is 0.320 e. The summed E-state index contributed by atoms with van der Waals surface area (Å²) < 4.78 is 1.69. The maximum Gasteiger partial charge on any atom is 0.278 e. The Morgan fingerprint density at radius 1 is 1.04 bits per heavy atom. The molecule has 128 valence electrons. The fourth-order valence-electron chi connectivity index (χ4n) is 2.84. The lowest BCUT2D eigenvalue weighted by atomic mass is 10.1. The van der Waals surface area contributed by atoms with E-state index >= 15 is 0 Å². The van der Waals surface area contributed by atoms with Gasteiger partial charge in [-0.15, -0.1) is 5.10 Å². The van der Waals surface area contributed by atoms with Crippen LogP contribution in [0.3, 0.4) is 0 Å². The molecule has 1 amide bonds. The van der Waals surface area contributed by atoms with Crippen LogP contribution >= 0.6 is 0 Å². The number of amides is 1. The van der Waals surface area contributed by atoms with Crippen LogP contribution < -0.4 is 5.32 Å². The van der Waals surface area contributed by atoms with Crippen LogP contribution in [0.15, 0.2) is 42.5 Å². The lowest BCUT2D eigenvalue weighted by Gasteiger charge is -2.10. The first-order valence-electron chi connectivity index (χ1n) is 8.40. The molecule has 2 aromatic carbocycles. The number of hydrogen-bond donors (Lipinski definition) is 1. The maximum absolute atomic E-state index is 12.7. The van der Waals surface area contributed by atoms with E-state index < -0.39 is 0 Å². The quantitative estimate of drug-likeness (QED) is 0.784. The van der Waals surface area contributed by atoms with Gasteiger partial charge in [-0.2, -0.15) is 0 Å². The van der Waals surface area contributed by atoms with Gasteiger partial charge < -0.3 is 5.32 Å². The van der Waals surface area contributed by atoms with Crippen molar-refractivity contribution in [2.75, 3.05) is 5.32 Å². The Balaban J connectivity index is 1.88. The van der Waals surface area contributed by atoms with Crippen molar-refractivity contribution < 1.29 is 4.79 Å². The van der Waals surface area contributed by atoms with Crippen molar-refractivity contribution in [3.63, 3.8) is 0 Å². The lowest BCUT2D eigenvalue weighted by Crippen LogP contribution is -2.15. The topological polar surface area (TPSA) is 59.8 Å². The second kappa shape index (κ2) is 6.89. The zero-order valence-corrected chi connectivity index (χ0v) is 15.0. The summed E-state index contributed by atoms with van der Waals surface area (Å²) in [4.78, 5) is 12.7. The number of aryl methyl sites for hydroxylation is 3. The van der Waals surface area contributed by atoms with E-state index in [4.69, 9.17) is 0 Å². The Morgan fingerprint density at radius 3 is 2.28 bits per heavy atom. The van der Waals surface area contributed by atoms with Crippen molar-refractivity contribution in [3.8, 4) is 5.69 Å². The minimum Gasteiger partial charge on any atom is -0.320 e. The van der Waals surface area contributed by atoms with Crippen molar-refractivity contribution in [2.24, 2.45) is 0 Å². The molecule has 0 spiro atoms. The second-order valence-electron chi connectivity index (χ2n) is 6.18. The number of carbonyl (C=O) groups excluding carboxylic acids is 1. The number of hydrogen-bond acceptors (Lipinski definition) is 3. The van der Waals surface area contributed by atoms with E-state index in [1.165, 1.54) is 5.56 Å². The van der Waals surface area contributed by atoms with E-state index in [9.17, 15) is 4.79 Å². The minimum atomic E-state index is -0.244. The highest BCUT2D eigenvalue weighted by Gasteiger charge is 2.18. The molecule has 0 radical (unpaired) electrons. The van der Waals surface area contributed by atoms with Gasteiger partial charge in [0.2, 0.25) is 0 Å². The van der Waals surface area contributed by atoms with Gasteiger partial charge in [0.05, 0.1) is 11.4 Å². The van der Waals surface area contributed by atoms with Crippen molar-refractivity contribution >= 4 is 11.6 Å². The molecule has 0 unspecified atom stereocenters. The second-order valence-corrected chi connectivity index (χ2v) is 6.18. The summed E-state index contributed by atoms with van der Waals surface area (Å²) in [5.74, 6) is -0.244. The molecule has 0 fully saturated rings. The van der Waals surface area contributed by atoms with Gasteiger partial charge in [-0.25, -0.2) is 4.68 Å². The minimum absolute atomic E-state index is 0.244. The van der Waals surface area contributed by atoms with Gasteiger partial charge in [0.25, 0.3) is 5.91 Å². The Bertz CT molecular complexity index is 890. The summed E-state index contributed by atoms with van der Waals surface area (Å²) in [5, 5.41) is 11.2. The van der Waals surface area contributed by atoms with E-state index in [-0.39, 0.29) is 5.91 Å². The Hall–Kier alpha value is -2.95. The Kier molecular flexibility index (Phi) is 4.65. The summed E-state index contributed by atoms with van der Waals surface area (Å²) in [6.45, 7) is 7.92. The average Bonchev–Trinajstić information content (AvgIpc) is 3.00. The summed E-state index contributed by atoms with van der Waals surface area (Å²) in [6.07, 6.45) is 0.986. The van der Waals surface area contributed by atoms with Gasteiger partial charge in [-0.1, -0.05) is 42.5 Å². The van der Waals surface area contributed by atoms with Gasteiger partial charge in [-0.3, -0.25) is 4.79 Å². The van der Waals surface area contributed by atoms with Crippen LogP contribution in [0.4, 0.5) is 5.69 Å². The predicted molar refractivity (Wildman–Crippen MR) is 99.3 cm³/mol. The Morgan fingerprint density at radius 2 is 1.68 bits per heavy atom. The molecule has 5 nitrogen and oxygen atoms in total. The van der Waals surface area contributed by atoms with Crippen molar-refractivity contribution in [2.45, 2.75) is 34.1 Å². The van der Waals surface area contributed by atoms with Crippen molar-refractivity contribution in [1.29, 1.82) is 0 Å². The molecule has 0 saturated heterocycles.